The third-order valence-corrected chi connectivity index (χ3v) is 1.98. The number of hydrogen-bond donors (Lipinski definition) is 2. The molecule has 2 atom stereocenters. The van der Waals surface area contributed by atoms with E-state index in [1.165, 1.54) is 0 Å². The molecule has 0 bridgehead atoms. The summed E-state index contributed by atoms with van der Waals surface area (Å²) in [7, 11) is 0. The molecule has 1 saturated heterocycles. The third kappa shape index (κ3) is 1.94. The summed E-state index contributed by atoms with van der Waals surface area (Å²) in [5, 5.41) is 9.28. The van der Waals surface area contributed by atoms with Crippen molar-refractivity contribution in [3.8, 4) is 0 Å². The molecule has 3 nitrogen and oxygen atoms in total. The molecule has 60 valence electrons. The molecule has 0 spiro atoms. The SMILES string of the molecule is NC[C@H](O)C1CCCOC1. The highest BCUT2D eigenvalue weighted by atomic mass is 16.5. The first kappa shape index (κ1) is 7.98. The zero-order valence-electron chi connectivity index (χ0n) is 6.12. The van der Waals surface area contributed by atoms with Gasteiger partial charge in [0.15, 0.2) is 0 Å². The van der Waals surface area contributed by atoms with Crippen molar-refractivity contribution < 1.29 is 9.84 Å². The zero-order valence-corrected chi connectivity index (χ0v) is 6.12. The highest BCUT2D eigenvalue weighted by molar-refractivity contribution is 4.71. The second-order valence-electron chi connectivity index (χ2n) is 2.78. The van der Waals surface area contributed by atoms with E-state index in [2.05, 4.69) is 0 Å². The zero-order chi connectivity index (χ0) is 7.40. The van der Waals surface area contributed by atoms with Crippen LogP contribution in [0.1, 0.15) is 12.8 Å². The smallest absolute Gasteiger partial charge is 0.0712 e. The van der Waals surface area contributed by atoms with Gasteiger partial charge in [-0.3, -0.25) is 0 Å². The molecule has 1 heterocycles. The van der Waals surface area contributed by atoms with Crippen LogP contribution in [0.5, 0.6) is 0 Å². The Kier molecular flexibility index (Phi) is 3.12. The maximum atomic E-state index is 9.28. The number of aliphatic hydroxyl groups excluding tert-OH is 1. The van der Waals surface area contributed by atoms with E-state index >= 15 is 0 Å². The van der Waals surface area contributed by atoms with Gasteiger partial charge in [-0.25, -0.2) is 0 Å². The van der Waals surface area contributed by atoms with E-state index in [1.807, 2.05) is 0 Å². The van der Waals surface area contributed by atoms with Gasteiger partial charge in [-0.05, 0) is 12.8 Å². The Bertz CT molecular complexity index is 91.6. The van der Waals surface area contributed by atoms with Gasteiger partial charge in [-0.1, -0.05) is 0 Å². The van der Waals surface area contributed by atoms with E-state index in [4.69, 9.17) is 10.5 Å². The monoisotopic (exact) mass is 145 g/mol. The molecule has 0 aromatic rings. The molecule has 1 fully saturated rings. The van der Waals surface area contributed by atoms with Gasteiger partial charge in [-0.2, -0.15) is 0 Å². The van der Waals surface area contributed by atoms with Crippen molar-refractivity contribution in [1.29, 1.82) is 0 Å². The molecule has 0 aromatic carbocycles. The van der Waals surface area contributed by atoms with Crippen LogP contribution in [-0.4, -0.2) is 31.0 Å². The van der Waals surface area contributed by atoms with Crippen LogP contribution in [0.2, 0.25) is 0 Å². The Morgan fingerprint density at radius 2 is 2.50 bits per heavy atom. The van der Waals surface area contributed by atoms with Gasteiger partial charge < -0.3 is 15.6 Å². The Morgan fingerprint density at radius 3 is 3.00 bits per heavy atom. The van der Waals surface area contributed by atoms with E-state index in [0.29, 0.717) is 13.2 Å². The Labute approximate surface area is 61.2 Å². The van der Waals surface area contributed by atoms with Crippen LogP contribution in [0.4, 0.5) is 0 Å². The van der Waals surface area contributed by atoms with Crippen LogP contribution in [0, 0.1) is 5.92 Å². The van der Waals surface area contributed by atoms with E-state index in [9.17, 15) is 5.11 Å². The fourth-order valence-electron chi connectivity index (χ4n) is 1.26. The Balaban J connectivity index is 2.24. The molecule has 0 amide bonds. The molecule has 0 aromatic heterocycles. The molecule has 1 aliphatic rings. The van der Waals surface area contributed by atoms with Gasteiger partial charge in [0.1, 0.15) is 0 Å². The van der Waals surface area contributed by atoms with Gasteiger partial charge in [0, 0.05) is 19.1 Å². The van der Waals surface area contributed by atoms with Crippen LogP contribution in [-0.2, 0) is 4.74 Å². The van der Waals surface area contributed by atoms with Crippen LogP contribution in [0.15, 0.2) is 0 Å². The van der Waals surface area contributed by atoms with Crippen LogP contribution in [0.25, 0.3) is 0 Å². The van der Waals surface area contributed by atoms with Gasteiger partial charge in [-0.15, -0.1) is 0 Å². The summed E-state index contributed by atoms with van der Waals surface area (Å²) in [6.07, 6.45) is 1.75. The summed E-state index contributed by atoms with van der Waals surface area (Å²) in [6, 6.07) is 0. The van der Waals surface area contributed by atoms with Crippen LogP contribution in [0.3, 0.4) is 0 Å². The summed E-state index contributed by atoms with van der Waals surface area (Å²) < 4.78 is 5.19. The molecule has 1 unspecified atom stereocenters. The highest BCUT2D eigenvalue weighted by Crippen LogP contribution is 2.16. The van der Waals surface area contributed by atoms with Gasteiger partial charge in [0.25, 0.3) is 0 Å². The summed E-state index contributed by atoms with van der Waals surface area (Å²) >= 11 is 0. The van der Waals surface area contributed by atoms with Gasteiger partial charge in [0.05, 0.1) is 12.7 Å². The number of rotatable bonds is 2. The predicted octanol–water partition coefficient (Wildman–Crippen LogP) is -0.267. The summed E-state index contributed by atoms with van der Waals surface area (Å²) in [4.78, 5) is 0. The van der Waals surface area contributed by atoms with Gasteiger partial charge >= 0.3 is 0 Å². The van der Waals surface area contributed by atoms with Crippen molar-refractivity contribution in [3.63, 3.8) is 0 Å². The van der Waals surface area contributed by atoms with Crippen molar-refractivity contribution in [2.45, 2.75) is 18.9 Å². The first-order valence-electron chi connectivity index (χ1n) is 3.80. The lowest BCUT2D eigenvalue weighted by molar-refractivity contribution is -0.00526. The Morgan fingerprint density at radius 1 is 1.70 bits per heavy atom. The fourth-order valence-corrected chi connectivity index (χ4v) is 1.26. The largest absolute Gasteiger partial charge is 0.391 e. The van der Waals surface area contributed by atoms with Crippen LogP contribution < -0.4 is 5.73 Å². The summed E-state index contributed by atoms with van der Waals surface area (Å²) in [6.45, 7) is 1.88. The molecular formula is C7H15NO2. The highest BCUT2D eigenvalue weighted by Gasteiger charge is 2.20. The molecule has 0 saturated carbocycles. The van der Waals surface area contributed by atoms with Crippen molar-refractivity contribution in [2.24, 2.45) is 11.7 Å². The third-order valence-electron chi connectivity index (χ3n) is 1.98. The van der Waals surface area contributed by atoms with Crippen LogP contribution >= 0.6 is 0 Å². The summed E-state index contributed by atoms with van der Waals surface area (Å²) in [5.41, 5.74) is 5.30. The minimum Gasteiger partial charge on any atom is -0.391 e. The predicted molar refractivity (Wildman–Crippen MR) is 38.6 cm³/mol. The molecule has 0 aliphatic carbocycles. The van der Waals surface area contributed by atoms with Gasteiger partial charge in [0.2, 0.25) is 0 Å². The first-order valence-corrected chi connectivity index (χ1v) is 3.80. The van der Waals surface area contributed by atoms with Crippen molar-refractivity contribution >= 4 is 0 Å². The average molecular weight is 145 g/mol. The fraction of sp³-hybridized carbons (Fsp3) is 1.00. The second kappa shape index (κ2) is 3.91. The number of ether oxygens (including phenoxy) is 1. The normalized spacial score (nSPS) is 30.0. The maximum Gasteiger partial charge on any atom is 0.0712 e. The molecule has 3 N–H and O–H groups in total. The maximum absolute atomic E-state index is 9.28. The lowest BCUT2D eigenvalue weighted by atomic mass is 9.96. The number of nitrogens with two attached hydrogens (primary N) is 1. The quantitative estimate of drug-likeness (QED) is 0.562. The molecule has 0 radical (unpaired) electrons. The first-order chi connectivity index (χ1) is 4.84. The lowest BCUT2D eigenvalue weighted by Crippen LogP contribution is -2.34. The van der Waals surface area contributed by atoms with E-state index in [-0.39, 0.29) is 12.0 Å². The summed E-state index contributed by atoms with van der Waals surface area (Å²) in [5.74, 6) is 0.277. The van der Waals surface area contributed by atoms with Crippen molar-refractivity contribution in [2.75, 3.05) is 19.8 Å². The number of aliphatic hydroxyl groups is 1. The van der Waals surface area contributed by atoms with E-state index in [0.717, 1.165) is 19.4 Å². The second-order valence-corrected chi connectivity index (χ2v) is 2.78. The number of hydrogen-bond acceptors (Lipinski definition) is 3. The molecule has 1 aliphatic heterocycles. The van der Waals surface area contributed by atoms with Crippen molar-refractivity contribution in [3.05, 3.63) is 0 Å². The Hall–Kier alpha value is -0.120. The molecule has 10 heavy (non-hydrogen) atoms. The minimum absolute atomic E-state index is 0.277. The minimum atomic E-state index is -0.361. The molecule has 3 heteroatoms. The molecule has 1 rings (SSSR count). The van der Waals surface area contributed by atoms with Crippen molar-refractivity contribution in [1.82, 2.24) is 0 Å². The average Bonchev–Trinajstić information content (AvgIpc) is 2.05. The van der Waals surface area contributed by atoms with E-state index < -0.39 is 0 Å². The van der Waals surface area contributed by atoms with E-state index in [1.54, 1.807) is 0 Å². The lowest BCUT2D eigenvalue weighted by Gasteiger charge is -2.25. The standard InChI is InChI=1S/C7H15NO2/c8-4-7(9)6-2-1-3-10-5-6/h6-7,9H,1-5,8H2/t6?,7-/m0/s1. The topological polar surface area (TPSA) is 55.5 Å². The molecular weight excluding hydrogens is 130 g/mol.